The van der Waals surface area contributed by atoms with E-state index in [0.29, 0.717) is 37.0 Å². The van der Waals surface area contributed by atoms with Crippen molar-refractivity contribution in [2.75, 3.05) is 0 Å². The summed E-state index contributed by atoms with van der Waals surface area (Å²) in [4.78, 5) is 31.9. The van der Waals surface area contributed by atoms with E-state index in [0.717, 1.165) is 55.6 Å². The molecule has 0 aromatic heterocycles. The molecule has 0 radical (unpaired) electrons. The van der Waals surface area contributed by atoms with Gasteiger partial charge in [-0.1, -0.05) is 18.2 Å². The average molecular weight is 568 g/mol. The Kier molecular flexibility index (Phi) is 12.5. The second-order valence-corrected chi connectivity index (χ2v) is 11.6. The molecular formula is C30H42AlN3O6. The Labute approximate surface area is 248 Å². The Balaban J connectivity index is 0.000000163. The van der Waals surface area contributed by atoms with E-state index in [1.54, 1.807) is 0 Å². The van der Waals surface area contributed by atoms with Gasteiger partial charge in [-0.15, -0.1) is 0 Å². The zero-order chi connectivity index (χ0) is 27.8. The van der Waals surface area contributed by atoms with E-state index in [2.05, 4.69) is 34.2 Å². The average Bonchev–Trinajstić information content (AvgIpc) is 2.97. The van der Waals surface area contributed by atoms with Crippen LogP contribution in [0.5, 0.6) is 0 Å². The van der Waals surface area contributed by atoms with Gasteiger partial charge in [-0.3, -0.25) is 0 Å². The minimum atomic E-state index is -0.968. The summed E-state index contributed by atoms with van der Waals surface area (Å²) in [5.74, 6) is -1.14. The van der Waals surface area contributed by atoms with Crippen molar-refractivity contribution in [2.24, 2.45) is 17.8 Å². The van der Waals surface area contributed by atoms with Crippen molar-refractivity contribution < 1.29 is 29.7 Å². The van der Waals surface area contributed by atoms with Crippen molar-refractivity contribution >= 4 is 35.3 Å². The summed E-state index contributed by atoms with van der Waals surface area (Å²) >= 11 is 0. The number of piperidine rings is 3. The molecule has 6 atom stereocenters. The summed E-state index contributed by atoms with van der Waals surface area (Å²) in [7, 11) is 0. The van der Waals surface area contributed by atoms with Crippen LogP contribution in [0.3, 0.4) is 0 Å². The van der Waals surface area contributed by atoms with Gasteiger partial charge in [0.1, 0.15) is 0 Å². The summed E-state index contributed by atoms with van der Waals surface area (Å²) < 4.78 is 0. The molecule has 3 heterocycles. The first-order chi connectivity index (χ1) is 18.8. The third kappa shape index (κ3) is 8.78. The Bertz CT molecular complexity index is 872. The van der Waals surface area contributed by atoms with Crippen LogP contribution in [0.15, 0.2) is 35.3 Å². The second kappa shape index (κ2) is 15.5. The molecular weight excluding hydrogens is 525 g/mol. The van der Waals surface area contributed by atoms with E-state index < -0.39 is 36.0 Å². The molecule has 0 amide bonds. The number of hydrogen-bond acceptors (Lipinski definition) is 9. The van der Waals surface area contributed by atoms with Crippen LogP contribution >= 0.6 is 0 Å². The van der Waals surface area contributed by atoms with Gasteiger partial charge in [0.05, 0.1) is 36.0 Å². The minimum Gasteiger partial charge on any atom is -0.548 e. The van der Waals surface area contributed by atoms with Crippen molar-refractivity contribution in [1.82, 2.24) is 16.0 Å². The largest absolute Gasteiger partial charge is 3.00 e. The quantitative estimate of drug-likeness (QED) is 0.404. The normalized spacial score (nSPS) is 31.9. The van der Waals surface area contributed by atoms with E-state index in [4.69, 9.17) is 0 Å². The van der Waals surface area contributed by atoms with Crippen LogP contribution < -0.4 is 31.3 Å². The summed E-state index contributed by atoms with van der Waals surface area (Å²) in [6, 6.07) is -1.37. The Morgan fingerprint density at radius 1 is 0.500 bits per heavy atom. The number of nitrogens with one attached hydrogen (secondary N) is 3. The number of aliphatic carboxylic acids is 3. The summed E-state index contributed by atoms with van der Waals surface area (Å²) in [6.07, 6.45) is 22.1. The number of carboxylic acids is 3. The number of rotatable bonds is 3. The maximum absolute atomic E-state index is 10.6. The van der Waals surface area contributed by atoms with Gasteiger partial charge in [0, 0.05) is 17.1 Å². The molecule has 9 nitrogen and oxygen atoms in total. The molecule has 10 heteroatoms. The predicted molar refractivity (Wildman–Crippen MR) is 146 cm³/mol. The maximum atomic E-state index is 10.6. The zero-order valence-corrected chi connectivity index (χ0v) is 24.5. The Hall–Kier alpha value is -2.44. The van der Waals surface area contributed by atoms with Gasteiger partial charge in [0.25, 0.3) is 0 Å². The standard InChI is InChI=1S/3C10H15NO2.Al/c3*12-10(13)9-6-5-7-3-1-2-4-8(7)11-9;/h3*4,7,9,11H,1-3,5-6H2,(H,12,13);/q;;;+3/p-3. The van der Waals surface area contributed by atoms with Gasteiger partial charge >= 0.3 is 17.4 Å². The molecule has 0 bridgehead atoms. The van der Waals surface area contributed by atoms with Gasteiger partial charge in [-0.05, 0) is 114 Å². The molecule has 3 aliphatic heterocycles. The van der Waals surface area contributed by atoms with Gasteiger partial charge < -0.3 is 45.7 Å². The minimum absolute atomic E-state index is 0. The third-order valence-corrected chi connectivity index (χ3v) is 8.97. The number of fused-ring (bicyclic) bond motifs is 3. The third-order valence-electron chi connectivity index (χ3n) is 8.97. The molecule has 0 aromatic carbocycles. The predicted octanol–water partition coefficient (Wildman–Crippen LogP) is 0.136. The molecule has 0 saturated carbocycles. The van der Waals surface area contributed by atoms with Crippen molar-refractivity contribution in [3.63, 3.8) is 0 Å². The first-order valence-corrected chi connectivity index (χ1v) is 14.8. The van der Waals surface area contributed by atoms with Crippen molar-refractivity contribution in [3.8, 4) is 0 Å². The van der Waals surface area contributed by atoms with Crippen molar-refractivity contribution in [3.05, 3.63) is 35.3 Å². The van der Waals surface area contributed by atoms with Crippen molar-refractivity contribution in [1.29, 1.82) is 0 Å². The fourth-order valence-electron chi connectivity index (χ4n) is 6.72. The molecule has 3 N–H and O–H groups in total. The number of carbonyl (C=O) groups is 3. The first kappa shape index (κ1) is 32.1. The molecule has 40 heavy (non-hydrogen) atoms. The molecule has 216 valence electrons. The first-order valence-electron chi connectivity index (χ1n) is 14.8. The van der Waals surface area contributed by atoms with Crippen LogP contribution in [-0.2, 0) is 14.4 Å². The Morgan fingerprint density at radius 2 is 0.775 bits per heavy atom. The second-order valence-electron chi connectivity index (χ2n) is 11.6. The van der Waals surface area contributed by atoms with Crippen LogP contribution in [0.1, 0.15) is 96.3 Å². The molecule has 3 aliphatic carbocycles. The zero-order valence-electron chi connectivity index (χ0n) is 23.3. The number of allylic oxidation sites excluding steroid dienone is 6. The molecule has 0 spiro atoms. The van der Waals surface area contributed by atoms with Gasteiger partial charge in [0.15, 0.2) is 0 Å². The fraction of sp³-hybridized carbons (Fsp3) is 0.700. The van der Waals surface area contributed by atoms with Crippen LogP contribution in [0, 0.1) is 17.8 Å². The summed E-state index contributed by atoms with van der Waals surface area (Å²) in [5.41, 5.74) is 3.44. The van der Waals surface area contributed by atoms with Gasteiger partial charge in [-0.2, -0.15) is 0 Å². The number of carboxylic acid groups (broad SMARTS) is 3. The van der Waals surface area contributed by atoms with E-state index in [1.807, 2.05) is 0 Å². The topological polar surface area (TPSA) is 156 Å². The van der Waals surface area contributed by atoms with Crippen LogP contribution in [0.2, 0.25) is 0 Å². The van der Waals surface area contributed by atoms with Gasteiger partial charge in [-0.25, -0.2) is 0 Å². The summed E-state index contributed by atoms with van der Waals surface area (Å²) in [6.45, 7) is 0. The van der Waals surface area contributed by atoms with Crippen LogP contribution in [0.25, 0.3) is 0 Å². The number of hydrogen-bond donors (Lipinski definition) is 3. The molecule has 6 rings (SSSR count). The van der Waals surface area contributed by atoms with Crippen LogP contribution in [0.4, 0.5) is 0 Å². The van der Waals surface area contributed by atoms with E-state index in [1.165, 1.54) is 38.5 Å². The van der Waals surface area contributed by atoms with E-state index in [9.17, 15) is 29.7 Å². The van der Waals surface area contributed by atoms with E-state index >= 15 is 0 Å². The smallest absolute Gasteiger partial charge is 0.548 e. The van der Waals surface area contributed by atoms with Crippen molar-refractivity contribution in [2.45, 2.75) is 114 Å². The van der Waals surface area contributed by atoms with Crippen LogP contribution in [-0.4, -0.2) is 53.4 Å². The molecule has 6 aliphatic rings. The Morgan fingerprint density at radius 3 is 1.02 bits per heavy atom. The summed E-state index contributed by atoms with van der Waals surface area (Å²) in [5, 5.41) is 41.0. The molecule has 3 fully saturated rings. The molecule has 3 saturated heterocycles. The molecule has 6 unspecified atom stereocenters. The van der Waals surface area contributed by atoms with Gasteiger partial charge in [0.2, 0.25) is 0 Å². The monoisotopic (exact) mass is 567 g/mol. The SMILES string of the molecule is O=C([O-])C1CCC2CCCC=C2N1.O=C([O-])C1CCC2CCCC=C2N1.O=C([O-])C1CCC2CCCC=C2N1.[Al+3]. The maximum Gasteiger partial charge on any atom is 3.00 e. The number of carbonyl (C=O) groups excluding carboxylic acids is 3. The molecule has 0 aromatic rings. The van der Waals surface area contributed by atoms with E-state index in [-0.39, 0.29) is 17.4 Å². The fourth-order valence-corrected chi connectivity index (χ4v) is 6.72.